The van der Waals surface area contributed by atoms with Crippen molar-refractivity contribution in [3.63, 3.8) is 0 Å². The summed E-state index contributed by atoms with van der Waals surface area (Å²) < 4.78 is 21.2. The summed E-state index contributed by atoms with van der Waals surface area (Å²) in [5.41, 5.74) is -0.193. The Bertz CT molecular complexity index is 1300. The highest BCUT2D eigenvalue weighted by atomic mass is 16.6. The number of nitrogens with one attached hydrogen (secondary N) is 2. The molecule has 0 saturated heterocycles. The number of ketones is 2. The van der Waals surface area contributed by atoms with Crippen LogP contribution in [0.2, 0.25) is 0 Å². The predicted octanol–water partition coefficient (Wildman–Crippen LogP) is 5.16. The molecule has 244 valence electrons. The van der Waals surface area contributed by atoms with Gasteiger partial charge in [0, 0.05) is 0 Å². The third kappa shape index (κ3) is 15.3. The van der Waals surface area contributed by atoms with Crippen molar-refractivity contribution in [3.05, 3.63) is 59.7 Å². The van der Waals surface area contributed by atoms with Crippen LogP contribution in [-0.4, -0.2) is 71.5 Å². The highest BCUT2D eigenvalue weighted by Crippen LogP contribution is 2.28. The smallest absolute Gasteiger partial charge is 0.407 e. The zero-order chi connectivity index (χ0) is 33.6. The second kappa shape index (κ2) is 16.7. The van der Waals surface area contributed by atoms with Crippen LogP contribution in [0, 0.1) is 0 Å². The van der Waals surface area contributed by atoms with Crippen LogP contribution < -0.4 is 20.1 Å². The van der Waals surface area contributed by atoms with E-state index in [4.69, 9.17) is 18.9 Å². The molecule has 0 saturated carbocycles. The number of carbonyl (C=O) groups is 4. The van der Waals surface area contributed by atoms with E-state index in [-0.39, 0.29) is 55.7 Å². The Morgan fingerprint density at radius 2 is 1.04 bits per heavy atom. The molecule has 0 atom stereocenters. The largest absolute Gasteiger partial charge is 0.504 e. The van der Waals surface area contributed by atoms with Crippen molar-refractivity contribution in [2.45, 2.75) is 59.2 Å². The Balaban J connectivity index is 1.77. The molecule has 12 heteroatoms. The van der Waals surface area contributed by atoms with Crippen LogP contribution in [-0.2, 0) is 19.1 Å². The first-order valence-corrected chi connectivity index (χ1v) is 14.3. The standard InChI is InChI=1S/C33H42N2O10/c1-32(2,3)44-30(40)34-15-17-42-28-13-9-22(19-26(28)38)7-11-24(36)21-25(37)12-8-23-10-14-29(27(39)20-23)43-18-16-35-31(41)45-33(4,5)6/h7-14,19-20,38-39H,15-18,21H2,1-6H3,(H,34,40)(H,35,41)/b11-7+,12-8+. The molecular weight excluding hydrogens is 584 g/mol. The molecule has 0 radical (unpaired) electrons. The van der Waals surface area contributed by atoms with Crippen molar-refractivity contribution in [1.82, 2.24) is 10.6 Å². The van der Waals surface area contributed by atoms with E-state index in [0.29, 0.717) is 11.1 Å². The minimum Gasteiger partial charge on any atom is -0.504 e. The number of aromatic hydroxyl groups is 2. The zero-order valence-corrected chi connectivity index (χ0v) is 26.5. The van der Waals surface area contributed by atoms with Gasteiger partial charge in [0.25, 0.3) is 0 Å². The second-order valence-electron chi connectivity index (χ2n) is 11.8. The molecule has 45 heavy (non-hydrogen) atoms. The number of benzene rings is 2. The number of carbonyl (C=O) groups excluding carboxylic acids is 4. The van der Waals surface area contributed by atoms with E-state index in [9.17, 15) is 29.4 Å². The van der Waals surface area contributed by atoms with Crippen molar-refractivity contribution in [2.24, 2.45) is 0 Å². The fourth-order valence-electron chi connectivity index (χ4n) is 3.44. The van der Waals surface area contributed by atoms with Gasteiger partial charge in [-0.2, -0.15) is 0 Å². The molecule has 0 unspecified atom stereocenters. The van der Waals surface area contributed by atoms with Gasteiger partial charge in [-0.15, -0.1) is 0 Å². The van der Waals surface area contributed by atoms with Crippen LogP contribution in [0.5, 0.6) is 23.0 Å². The Morgan fingerprint density at radius 3 is 1.38 bits per heavy atom. The van der Waals surface area contributed by atoms with Crippen molar-refractivity contribution in [3.8, 4) is 23.0 Å². The van der Waals surface area contributed by atoms with Crippen LogP contribution in [0.15, 0.2) is 48.6 Å². The highest BCUT2D eigenvalue weighted by molar-refractivity contribution is 6.10. The molecule has 2 aromatic rings. The SMILES string of the molecule is CC(C)(C)OC(=O)NCCOc1ccc(/C=C/C(=O)CC(=O)/C=C/c2ccc(OCCNC(=O)OC(C)(C)C)c(O)c2)cc1O. The lowest BCUT2D eigenvalue weighted by molar-refractivity contribution is -0.121. The maximum absolute atomic E-state index is 12.3. The molecule has 2 amide bonds. The summed E-state index contributed by atoms with van der Waals surface area (Å²) in [6, 6.07) is 9.10. The van der Waals surface area contributed by atoms with Crippen molar-refractivity contribution in [2.75, 3.05) is 26.3 Å². The molecule has 0 aliphatic heterocycles. The van der Waals surface area contributed by atoms with E-state index in [1.807, 2.05) is 0 Å². The first-order chi connectivity index (χ1) is 21.0. The average Bonchev–Trinajstić information content (AvgIpc) is 2.91. The van der Waals surface area contributed by atoms with E-state index in [0.717, 1.165) is 0 Å². The maximum Gasteiger partial charge on any atom is 0.407 e. The minimum atomic E-state index is -0.612. The monoisotopic (exact) mass is 626 g/mol. The summed E-state index contributed by atoms with van der Waals surface area (Å²) in [5, 5.41) is 25.5. The van der Waals surface area contributed by atoms with Gasteiger partial charge in [0.2, 0.25) is 0 Å². The molecule has 0 aliphatic carbocycles. The van der Waals surface area contributed by atoms with Crippen LogP contribution in [0.3, 0.4) is 0 Å². The van der Waals surface area contributed by atoms with Crippen LogP contribution in [0.1, 0.15) is 59.1 Å². The molecule has 12 nitrogen and oxygen atoms in total. The summed E-state index contributed by atoms with van der Waals surface area (Å²) in [6.45, 7) is 11.1. The Kier molecular flexibility index (Phi) is 13.5. The number of phenolic OH excluding ortho intramolecular Hbond substituents is 2. The lowest BCUT2D eigenvalue weighted by Crippen LogP contribution is -2.34. The highest BCUT2D eigenvalue weighted by Gasteiger charge is 2.16. The molecular formula is C33H42N2O10. The molecule has 0 bridgehead atoms. The fourth-order valence-corrected chi connectivity index (χ4v) is 3.44. The summed E-state index contributed by atoms with van der Waals surface area (Å²) in [6.07, 6.45) is 3.89. The number of hydrogen-bond acceptors (Lipinski definition) is 10. The molecule has 0 spiro atoms. The fraction of sp³-hybridized carbons (Fsp3) is 0.394. The summed E-state index contributed by atoms with van der Waals surface area (Å²) in [4.78, 5) is 47.9. The van der Waals surface area contributed by atoms with E-state index in [1.54, 1.807) is 53.7 Å². The number of allylic oxidation sites excluding steroid dienone is 2. The third-order valence-corrected chi connectivity index (χ3v) is 5.29. The minimum absolute atomic E-state index is 0.0999. The van der Waals surface area contributed by atoms with Gasteiger partial charge in [-0.1, -0.05) is 24.3 Å². The quantitative estimate of drug-likeness (QED) is 0.125. The average molecular weight is 627 g/mol. The second-order valence-corrected chi connectivity index (χ2v) is 11.8. The molecule has 0 fully saturated rings. The van der Waals surface area contributed by atoms with Crippen LogP contribution >= 0.6 is 0 Å². The van der Waals surface area contributed by atoms with Gasteiger partial charge < -0.3 is 39.8 Å². The van der Waals surface area contributed by atoms with Gasteiger partial charge in [-0.3, -0.25) is 9.59 Å². The van der Waals surface area contributed by atoms with Crippen molar-refractivity contribution < 1.29 is 48.3 Å². The van der Waals surface area contributed by atoms with Gasteiger partial charge in [0.15, 0.2) is 34.6 Å². The van der Waals surface area contributed by atoms with Crippen LogP contribution in [0.4, 0.5) is 9.59 Å². The summed E-state index contributed by atoms with van der Waals surface area (Å²) >= 11 is 0. The number of ether oxygens (including phenoxy) is 4. The summed E-state index contributed by atoms with van der Waals surface area (Å²) in [7, 11) is 0. The number of phenols is 2. The van der Waals surface area contributed by atoms with Gasteiger partial charge in [-0.05, 0) is 89.1 Å². The van der Waals surface area contributed by atoms with Crippen molar-refractivity contribution in [1.29, 1.82) is 0 Å². The van der Waals surface area contributed by atoms with E-state index in [2.05, 4.69) is 10.6 Å². The number of hydrogen-bond donors (Lipinski definition) is 4. The molecule has 0 heterocycles. The lowest BCUT2D eigenvalue weighted by atomic mass is 10.1. The van der Waals surface area contributed by atoms with Gasteiger partial charge >= 0.3 is 12.2 Å². The van der Waals surface area contributed by atoms with Crippen molar-refractivity contribution >= 4 is 35.9 Å². The Hall–Kier alpha value is -5.00. The first-order valence-electron chi connectivity index (χ1n) is 14.3. The maximum atomic E-state index is 12.3. The zero-order valence-electron chi connectivity index (χ0n) is 26.5. The molecule has 2 rings (SSSR count). The van der Waals surface area contributed by atoms with Gasteiger partial charge in [0.05, 0.1) is 19.5 Å². The molecule has 4 N–H and O–H groups in total. The summed E-state index contributed by atoms with van der Waals surface area (Å²) in [5.74, 6) is -0.791. The Morgan fingerprint density at radius 1 is 0.667 bits per heavy atom. The molecule has 0 aliphatic rings. The topological polar surface area (TPSA) is 170 Å². The van der Waals surface area contributed by atoms with Gasteiger partial charge in [0.1, 0.15) is 24.4 Å². The first kappa shape index (κ1) is 36.2. The van der Waals surface area contributed by atoms with E-state index >= 15 is 0 Å². The number of rotatable bonds is 14. The Labute approximate surface area is 263 Å². The number of alkyl carbamates (subject to hydrolysis) is 2. The molecule has 2 aromatic carbocycles. The normalized spacial score (nSPS) is 11.7. The van der Waals surface area contributed by atoms with E-state index < -0.39 is 35.0 Å². The van der Waals surface area contributed by atoms with E-state index in [1.165, 1.54) is 48.6 Å². The number of amides is 2. The van der Waals surface area contributed by atoms with Crippen LogP contribution in [0.25, 0.3) is 12.2 Å². The third-order valence-electron chi connectivity index (χ3n) is 5.29. The van der Waals surface area contributed by atoms with Gasteiger partial charge in [-0.25, -0.2) is 9.59 Å². The predicted molar refractivity (Wildman–Crippen MR) is 168 cm³/mol. The lowest BCUT2D eigenvalue weighted by Gasteiger charge is -2.19. The molecule has 0 aromatic heterocycles.